The second-order valence-corrected chi connectivity index (χ2v) is 5.31. The Labute approximate surface area is 99.3 Å². The van der Waals surface area contributed by atoms with Crippen molar-refractivity contribution in [3.8, 4) is 0 Å². The first-order valence-corrected chi connectivity index (χ1v) is 6.71. The summed E-state index contributed by atoms with van der Waals surface area (Å²) in [5, 5.41) is 0. The molecular weight excluding hydrogens is 245 g/mol. The first-order chi connectivity index (χ1) is 7.98. The van der Waals surface area contributed by atoms with E-state index in [2.05, 4.69) is 0 Å². The summed E-state index contributed by atoms with van der Waals surface area (Å²) < 4.78 is 34.3. The first kappa shape index (κ1) is 12.0. The van der Waals surface area contributed by atoms with Crippen LogP contribution in [0.25, 0.3) is 0 Å². The maximum Gasteiger partial charge on any atom is 0.332 e. The summed E-state index contributed by atoms with van der Waals surface area (Å²) in [5.41, 5.74) is 0.214. The monoisotopic (exact) mass is 257 g/mol. The van der Waals surface area contributed by atoms with Crippen molar-refractivity contribution < 1.29 is 17.1 Å². The third-order valence-corrected chi connectivity index (χ3v) is 3.57. The van der Waals surface area contributed by atoms with E-state index in [-0.39, 0.29) is 11.5 Å². The molecule has 1 amide bonds. The lowest BCUT2D eigenvalue weighted by molar-refractivity contribution is 0.0792. The van der Waals surface area contributed by atoms with Gasteiger partial charge in [-0.1, -0.05) is 6.07 Å². The van der Waals surface area contributed by atoms with Crippen molar-refractivity contribution in [2.24, 2.45) is 0 Å². The van der Waals surface area contributed by atoms with Crippen molar-refractivity contribution in [3.63, 3.8) is 0 Å². The van der Waals surface area contributed by atoms with E-state index in [1.54, 1.807) is 4.90 Å². The number of nitrogens with zero attached hydrogens (tertiary/aromatic N) is 1. The molecule has 0 spiro atoms. The molecule has 0 radical (unpaired) electrons. The second kappa shape index (κ2) is 4.44. The predicted octanol–water partition coefficient (Wildman–Crippen LogP) is 1.58. The van der Waals surface area contributed by atoms with Gasteiger partial charge in [-0.2, -0.15) is 8.42 Å². The van der Waals surface area contributed by atoms with Crippen molar-refractivity contribution >= 4 is 16.1 Å². The van der Waals surface area contributed by atoms with Crippen molar-refractivity contribution in [1.29, 1.82) is 0 Å². The maximum atomic E-state index is 12.8. The van der Waals surface area contributed by atoms with E-state index in [0.29, 0.717) is 13.1 Å². The van der Waals surface area contributed by atoms with Gasteiger partial charge in [0.1, 0.15) is 0 Å². The fourth-order valence-corrected chi connectivity index (χ4v) is 2.39. The molecule has 0 unspecified atom stereocenters. The van der Waals surface area contributed by atoms with Gasteiger partial charge >= 0.3 is 10.2 Å². The summed E-state index contributed by atoms with van der Waals surface area (Å²) in [4.78, 5) is 13.1. The van der Waals surface area contributed by atoms with Gasteiger partial charge < -0.3 is 4.90 Å². The van der Waals surface area contributed by atoms with Crippen LogP contribution in [-0.4, -0.2) is 32.3 Å². The molecule has 1 saturated heterocycles. The number of hydrogen-bond donors (Lipinski definition) is 0. The van der Waals surface area contributed by atoms with Crippen LogP contribution in [0.1, 0.15) is 23.2 Å². The number of hydrogen-bond acceptors (Lipinski definition) is 3. The van der Waals surface area contributed by atoms with E-state index in [4.69, 9.17) is 0 Å². The van der Waals surface area contributed by atoms with Gasteiger partial charge in [0, 0.05) is 18.7 Å². The molecule has 0 aliphatic carbocycles. The van der Waals surface area contributed by atoms with Gasteiger partial charge in [-0.05, 0) is 31.0 Å². The zero-order chi connectivity index (χ0) is 12.5. The van der Waals surface area contributed by atoms with Crippen LogP contribution in [-0.2, 0) is 10.2 Å². The van der Waals surface area contributed by atoms with Crippen LogP contribution < -0.4 is 0 Å². The first-order valence-electron chi connectivity index (χ1n) is 5.32. The van der Waals surface area contributed by atoms with Gasteiger partial charge in [-0.25, -0.2) is 0 Å². The third-order valence-electron chi connectivity index (χ3n) is 2.76. The minimum atomic E-state index is -4.75. The van der Waals surface area contributed by atoms with E-state index in [9.17, 15) is 17.1 Å². The predicted molar refractivity (Wildman–Crippen MR) is 59.9 cm³/mol. The highest BCUT2D eigenvalue weighted by Crippen LogP contribution is 2.17. The molecule has 1 aliphatic rings. The zero-order valence-electron chi connectivity index (χ0n) is 9.10. The summed E-state index contributed by atoms with van der Waals surface area (Å²) in [6.45, 7) is 1.34. The summed E-state index contributed by atoms with van der Waals surface area (Å²) in [6.07, 6.45) is 1.90. The van der Waals surface area contributed by atoms with Crippen LogP contribution in [0.15, 0.2) is 29.2 Å². The molecular formula is C11H12FNO3S. The highest BCUT2D eigenvalue weighted by molar-refractivity contribution is 7.86. The van der Waals surface area contributed by atoms with E-state index in [0.717, 1.165) is 25.0 Å². The fourth-order valence-electron chi connectivity index (χ4n) is 1.88. The van der Waals surface area contributed by atoms with Gasteiger partial charge in [0.15, 0.2) is 0 Å². The molecule has 1 aliphatic heterocycles. The number of rotatable bonds is 2. The van der Waals surface area contributed by atoms with Gasteiger partial charge in [-0.3, -0.25) is 4.79 Å². The Bertz CT molecular complexity index is 535. The average molecular weight is 257 g/mol. The van der Waals surface area contributed by atoms with Crippen LogP contribution in [0.5, 0.6) is 0 Å². The largest absolute Gasteiger partial charge is 0.339 e. The Morgan fingerprint density at radius 2 is 1.88 bits per heavy atom. The standard InChI is InChI=1S/C11H12FNO3S/c12-17(15,16)10-5-3-4-9(8-10)11(14)13-6-1-2-7-13/h3-5,8H,1-2,6-7H2. The summed E-state index contributed by atoms with van der Waals surface area (Å²) in [6, 6.07) is 5.08. The lowest BCUT2D eigenvalue weighted by Gasteiger charge is -2.15. The number of benzene rings is 1. The molecule has 0 aromatic heterocycles. The van der Waals surface area contributed by atoms with Crippen molar-refractivity contribution in [2.45, 2.75) is 17.7 Å². The quantitative estimate of drug-likeness (QED) is 0.756. The highest BCUT2D eigenvalue weighted by atomic mass is 32.3. The van der Waals surface area contributed by atoms with Gasteiger partial charge in [0.05, 0.1) is 4.90 Å². The number of halogens is 1. The van der Waals surface area contributed by atoms with E-state index in [1.165, 1.54) is 12.1 Å². The van der Waals surface area contributed by atoms with Crippen LogP contribution in [0.3, 0.4) is 0 Å². The molecule has 1 aromatic carbocycles. The van der Waals surface area contributed by atoms with Gasteiger partial charge in [0.25, 0.3) is 5.91 Å². The smallest absolute Gasteiger partial charge is 0.332 e. The normalized spacial score (nSPS) is 16.2. The van der Waals surface area contributed by atoms with Gasteiger partial charge in [0.2, 0.25) is 0 Å². The lowest BCUT2D eigenvalue weighted by atomic mass is 10.2. The second-order valence-electron chi connectivity index (χ2n) is 3.96. The number of likely N-dealkylation sites (tertiary alicyclic amines) is 1. The fraction of sp³-hybridized carbons (Fsp3) is 0.364. The Morgan fingerprint density at radius 1 is 1.24 bits per heavy atom. The molecule has 0 atom stereocenters. The Kier molecular flexibility index (Phi) is 3.15. The topological polar surface area (TPSA) is 54.5 Å². The minimum Gasteiger partial charge on any atom is -0.339 e. The molecule has 1 fully saturated rings. The SMILES string of the molecule is O=C(c1cccc(S(=O)(=O)F)c1)N1CCCC1. The molecule has 17 heavy (non-hydrogen) atoms. The molecule has 2 rings (SSSR count). The molecule has 4 nitrogen and oxygen atoms in total. The van der Waals surface area contributed by atoms with Crippen molar-refractivity contribution in [2.75, 3.05) is 13.1 Å². The molecule has 0 bridgehead atoms. The average Bonchev–Trinajstić information content (AvgIpc) is 2.80. The molecule has 0 saturated carbocycles. The van der Waals surface area contributed by atoms with Crippen molar-refractivity contribution in [3.05, 3.63) is 29.8 Å². The lowest BCUT2D eigenvalue weighted by Crippen LogP contribution is -2.27. The van der Waals surface area contributed by atoms with Gasteiger partial charge in [-0.15, -0.1) is 3.89 Å². The van der Waals surface area contributed by atoms with E-state index >= 15 is 0 Å². The van der Waals surface area contributed by atoms with Crippen LogP contribution >= 0.6 is 0 Å². The zero-order valence-corrected chi connectivity index (χ0v) is 9.91. The Balaban J connectivity index is 2.30. The summed E-state index contributed by atoms with van der Waals surface area (Å²) in [5.74, 6) is -0.243. The number of carbonyl (C=O) groups excluding carboxylic acids is 1. The maximum absolute atomic E-state index is 12.8. The molecule has 0 N–H and O–H groups in total. The Morgan fingerprint density at radius 3 is 2.47 bits per heavy atom. The van der Waals surface area contributed by atoms with E-state index < -0.39 is 15.1 Å². The molecule has 92 valence electrons. The van der Waals surface area contributed by atoms with Crippen LogP contribution in [0.2, 0.25) is 0 Å². The third kappa shape index (κ3) is 2.63. The van der Waals surface area contributed by atoms with Crippen LogP contribution in [0, 0.1) is 0 Å². The Hall–Kier alpha value is -1.43. The van der Waals surface area contributed by atoms with E-state index in [1.807, 2.05) is 0 Å². The highest BCUT2D eigenvalue weighted by Gasteiger charge is 2.21. The molecule has 6 heteroatoms. The van der Waals surface area contributed by atoms with Crippen LogP contribution in [0.4, 0.5) is 3.89 Å². The minimum absolute atomic E-state index is 0.214. The molecule has 1 heterocycles. The summed E-state index contributed by atoms with van der Waals surface area (Å²) in [7, 11) is -4.75. The number of carbonyl (C=O) groups is 1. The number of amides is 1. The molecule has 1 aromatic rings. The van der Waals surface area contributed by atoms with Crippen molar-refractivity contribution in [1.82, 2.24) is 4.90 Å². The summed E-state index contributed by atoms with van der Waals surface area (Å²) >= 11 is 0.